The molecule has 1 atom stereocenters. The fourth-order valence-corrected chi connectivity index (χ4v) is 3.09. The predicted molar refractivity (Wildman–Crippen MR) is 61.9 cm³/mol. The van der Waals surface area contributed by atoms with Crippen LogP contribution in [-0.2, 0) is 14.4 Å². The van der Waals surface area contributed by atoms with Crippen molar-refractivity contribution in [2.24, 2.45) is 0 Å². The molecule has 2 N–H and O–H groups in total. The minimum atomic E-state index is -1.20. The van der Waals surface area contributed by atoms with Gasteiger partial charge in [-0.05, 0) is 25.5 Å². The second-order valence-electron chi connectivity index (χ2n) is 4.13. The van der Waals surface area contributed by atoms with Crippen LogP contribution in [0.2, 0.25) is 0 Å². The Hall–Kier alpha value is -1.24. The monoisotopic (exact) mass is 261 g/mol. The molecule has 1 heterocycles. The van der Waals surface area contributed by atoms with Gasteiger partial charge in [0.25, 0.3) is 0 Å². The van der Waals surface area contributed by atoms with Crippen molar-refractivity contribution in [3.8, 4) is 0 Å². The van der Waals surface area contributed by atoms with Crippen LogP contribution in [0.15, 0.2) is 0 Å². The zero-order valence-corrected chi connectivity index (χ0v) is 10.3. The second-order valence-corrected chi connectivity index (χ2v) is 5.73. The van der Waals surface area contributed by atoms with Gasteiger partial charge in [0.05, 0.1) is 4.75 Å². The summed E-state index contributed by atoms with van der Waals surface area (Å²) in [5.74, 6) is -1.96. The van der Waals surface area contributed by atoms with Gasteiger partial charge in [-0.2, -0.15) is 0 Å². The van der Waals surface area contributed by atoms with Crippen LogP contribution in [0.25, 0.3) is 0 Å². The molecule has 1 fully saturated rings. The smallest absolute Gasteiger partial charge is 0.323 e. The molecule has 0 radical (unpaired) electrons. The molecule has 0 bridgehead atoms. The maximum atomic E-state index is 12.1. The van der Waals surface area contributed by atoms with Gasteiger partial charge in [0.15, 0.2) is 0 Å². The third kappa shape index (κ3) is 3.62. The number of nitrogens with zero attached hydrogens (tertiary/aromatic N) is 1. The largest absolute Gasteiger partial charge is 0.480 e. The van der Waals surface area contributed by atoms with Crippen LogP contribution >= 0.6 is 11.8 Å². The first-order valence-corrected chi connectivity index (χ1v) is 6.20. The van der Waals surface area contributed by atoms with Gasteiger partial charge in [-0.15, -0.1) is 11.8 Å². The average molecular weight is 261 g/mol. The number of thioether (sulfide) groups is 1. The highest BCUT2D eigenvalue weighted by Crippen LogP contribution is 2.39. The Kier molecular flexibility index (Phi) is 4.39. The molecule has 7 heteroatoms. The summed E-state index contributed by atoms with van der Waals surface area (Å²) in [7, 11) is 0. The normalized spacial score (nSPS) is 23.4. The first kappa shape index (κ1) is 13.8. The van der Waals surface area contributed by atoms with E-state index in [1.54, 1.807) is 6.92 Å². The Morgan fingerprint density at radius 2 is 1.76 bits per heavy atom. The number of rotatable bonds is 5. The summed E-state index contributed by atoms with van der Waals surface area (Å²) in [6.45, 7) is 0.603. The number of carbonyl (C=O) groups excluding carboxylic acids is 1. The van der Waals surface area contributed by atoms with Crippen LogP contribution in [-0.4, -0.2) is 56.5 Å². The van der Waals surface area contributed by atoms with E-state index in [4.69, 9.17) is 10.2 Å². The van der Waals surface area contributed by atoms with Crippen LogP contribution in [0, 0.1) is 0 Å². The molecule has 0 aromatic carbocycles. The van der Waals surface area contributed by atoms with E-state index in [2.05, 4.69) is 0 Å². The van der Waals surface area contributed by atoms with Gasteiger partial charge in [0.1, 0.15) is 13.1 Å². The standard InChI is InChI=1S/C10H15NO5S/c1-10(3-2-4-17-10)9(16)11(5-7(12)13)6-8(14)15/h2-6H2,1H3,(H,12,13)(H,14,15). The lowest BCUT2D eigenvalue weighted by Gasteiger charge is -2.28. The lowest BCUT2D eigenvalue weighted by molar-refractivity contribution is -0.150. The third-order valence-corrected chi connectivity index (χ3v) is 4.12. The zero-order valence-electron chi connectivity index (χ0n) is 9.51. The molecule has 0 aromatic rings. The van der Waals surface area contributed by atoms with Crippen LogP contribution in [0.3, 0.4) is 0 Å². The molecule has 6 nitrogen and oxygen atoms in total. The second kappa shape index (κ2) is 5.39. The van der Waals surface area contributed by atoms with Crippen LogP contribution in [0.1, 0.15) is 19.8 Å². The van der Waals surface area contributed by atoms with E-state index in [9.17, 15) is 14.4 Å². The van der Waals surface area contributed by atoms with Crippen LogP contribution in [0.5, 0.6) is 0 Å². The van der Waals surface area contributed by atoms with E-state index in [0.29, 0.717) is 6.42 Å². The van der Waals surface area contributed by atoms with E-state index in [1.807, 2.05) is 0 Å². The molecular formula is C10H15NO5S. The lowest BCUT2D eigenvalue weighted by Crippen LogP contribution is -2.48. The van der Waals surface area contributed by atoms with Crippen molar-refractivity contribution in [1.29, 1.82) is 0 Å². The highest BCUT2D eigenvalue weighted by molar-refractivity contribution is 8.01. The van der Waals surface area contributed by atoms with Gasteiger partial charge in [0, 0.05) is 0 Å². The molecule has 1 unspecified atom stereocenters. The Morgan fingerprint density at radius 3 is 2.12 bits per heavy atom. The molecule has 1 aliphatic rings. The predicted octanol–water partition coefficient (Wildman–Crippen LogP) is 0.270. The third-order valence-electron chi connectivity index (χ3n) is 2.61. The maximum absolute atomic E-state index is 12.1. The summed E-state index contributed by atoms with van der Waals surface area (Å²) in [4.78, 5) is 34.3. The molecule has 17 heavy (non-hydrogen) atoms. The summed E-state index contributed by atoms with van der Waals surface area (Å²) in [6, 6.07) is 0. The molecule has 0 spiro atoms. The fourth-order valence-electron chi connectivity index (χ4n) is 1.81. The highest BCUT2D eigenvalue weighted by Gasteiger charge is 2.40. The topological polar surface area (TPSA) is 94.9 Å². The van der Waals surface area contributed by atoms with Crippen LogP contribution < -0.4 is 0 Å². The van der Waals surface area contributed by atoms with Crippen LogP contribution in [0.4, 0.5) is 0 Å². The van der Waals surface area contributed by atoms with E-state index in [0.717, 1.165) is 17.1 Å². The van der Waals surface area contributed by atoms with Gasteiger partial charge < -0.3 is 15.1 Å². The minimum absolute atomic E-state index is 0.398. The van der Waals surface area contributed by atoms with Crippen molar-refractivity contribution < 1.29 is 24.6 Å². The maximum Gasteiger partial charge on any atom is 0.323 e. The Morgan fingerprint density at radius 1 is 1.24 bits per heavy atom. The molecule has 1 amide bonds. The Balaban J connectivity index is 2.77. The lowest BCUT2D eigenvalue weighted by atomic mass is 10.0. The van der Waals surface area contributed by atoms with Crippen molar-refractivity contribution in [3.63, 3.8) is 0 Å². The first-order valence-electron chi connectivity index (χ1n) is 5.22. The Labute approximate surface area is 103 Å². The van der Waals surface area contributed by atoms with Crippen molar-refractivity contribution >= 4 is 29.6 Å². The van der Waals surface area contributed by atoms with Gasteiger partial charge in [-0.3, -0.25) is 14.4 Å². The molecule has 1 saturated heterocycles. The summed E-state index contributed by atoms with van der Waals surface area (Å²) < 4.78 is -0.676. The first-order chi connectivity index (χ1) is 7.85. The molecule has 1 rings (SSSR count). The SMILES string of the molecule is CC1(C(=O)N(CC(=O)O)CC(=O)O)CCCS1. The van der Waals surface area contributed by atoms with Gasteiger partial charge in [-0.1, -0.05) is 0 Å². The van der Waals surface area contributed by atoms with Gasteiger partial charge in [0.2, 0.25) is 5.91 Å². The van der Waals surface area contributed by atoms with Crippen molar-refractivity contribution in [1.82, 2.24) is 4.90 Å². The van der Waals surface area contributed by atoms with E-state index >= 15 is 0 Å². The molecular weight excluding hydrogens is 246 g/mol. The summed E-state index contributed by atoms with van der Waals surface area (Å²) in [5.41, 5.74) is 0. The molecule has 0 aromatic heterocycles. The number of amides is 1. The van der Waals surface area contributed by atoms with E-state index < -0.39 is 35.7 Å². The molecule has 0 aliphatic carbocycles. The minimum Gasteiger partial charge on any atom is -0.480 e. The van der Waals surface area contributed by atoms with Crippen molar-refractivity contribution in [3.05, 3.63) is 0 Å². The number of aliphatic carboxylic acids is 2. The fraction of sp³-hybridized carbons (Fsp3) is 0.700. The van der Waals surface area contributed by atoms with Gasteiger partial charge >= 0.3 is 11.9 Å². The number of carbonyl (C=O) groups is 3. The molecule has 0 saturated carbocycles. The number of hydrogen-bond acceptors (Lipinski definition) is 4. The average Bonchev–Trinajstić information content (AvgIpc) is 2.63. The highest BCUT2D eigenvalue weighted by atomic mass is 32.2. The van der Waals surface area contributed by atoms with E-state index in [-0.39, 0.29) is 0 Å². The summed E-state index contributed by atoms with van der Waals surface area (Å²) in [6.07, 6.45) is 1.55. The molecule has 96 valence electrons. The van der Waals surface area contributed by atoms with Gasteiger partial charge in [-0.25, -0.2) is 0 Å². The Bertz CT molecular complexity index is 322. The number of carboxylic acids is 2. The van der Waals surface area contributed by atoms with Crippen molar-refractivity contribution in [2.45, 2.75) is 24.5 Å². The van der Waals surface area contributed by atoms with E-state index in [1.165, 1.54) is 11.8 Å². The summed E-state index contributed by atoms with van der Waals surface area (Å²) in [5, 5.41) is 17.4. The summed E-state index contributed by atoms with van der Waals surface area (Å²) >= 11 is 1.46. The zero-order chi connectivity index (χ0) is 13.1. The quantitative estimate of drug-likeness (QED) is 0.737. The number of hydrogen-bond donors (Lipinski definition) is 2. The number of carboxylic acid groups (broad SMARTS) is 2. The van der Waals surface area contributed by atoms with Crippen molar-refractivity contribution in [2.75, 3.05) is 18.8 Å². The molecule has 1 aliphatic heterocycles.